The number of nitrogens with zero attached hydrogens (tertiary/aromatic N) is 4. The summed E-state index contributed by atoms with van der Waals surface area (Å²) in [4.78, 5) is 4.79. The maximum Gasteiger partial charge on any atom is 0.151 e. The first-order chi connectivity index (χ1) is 8.74. The molecule has 2 N–H and O–H groups in total. The topological polar surface area (TPSA) is 58.3 Å². The molecule has 5 nitrogen and oxygen atoms in total. The van der Waals surface area contributed by atoms with E-state index in [1.54, 1.807) is 6.20 Å². The summed E-state index contributed by atoms with van der Waals surface area (Å²) in [6, 6.07) is 2.62. The van der Waals surface area contributed by atoms with Gasteiger partial charge in [-0.2, -0.15) is 5.10 Å². The van der Waals surface area contributed by atoms with Crippen molar-refractivity contribution >= 4 is 5.82 Å². The number of hydrogen-bond acceptors (Lipinski definition) is 5. The van der Waals surface area contributed by atoms with Gasteiger partial charge < -0.3 is 10.6 Å². The van der Waals surface area contributed by atoms with Crippen LogP contribution in [0.4, 0.5) is 5.82 Å². The first kappa shape index (κ1) is 13.2. The SMILES string of the molecule is CCC(CN)N1CCN(c2cc(C)cnn2)CC1. The first-order valence-corrected chi connectivity index (χ1v) is 6.73. The molecule has 0 spiro atoms. The zero-order valence-electron chi connectivity index (χ0n) is 11.3. The molecule has 1 fully saturated rings. The van der Waals surface area contributed by atoms with Crippen molar-refractivity contribution in [2.45, 2.75) is 26.3 Å². The van der Waals surface area contributed by atoms with Crippen LogP contribution in [0.3, 0.4) is 0 Å². The summed E-state index contributed by atoms with van der Waals surface area (Å²) in [5.74, 6) is 0.996. The molecule has 0 radical (unpaired) electrons. The molecule has 1 aromatic rings. The molecule has 100 valence electrons. The van der Waals surface area contributed by atoms with Crippen LogP contribution in [0.2, 0.25) is 0 Å². The van der Waals surface area contributed by atoms with Gasteiger partial charge in [-0.15, -0.1) is 5.10 Å². The van der Waals surface area contributed by atoms with E-state index in [0.29, 0.717) is 6.04 Å². The van der Waals surface area contributed by atoms with Crippen LogP contribution in [0.15, 0.2) is 12.3 Å². The molecule has 0 amide bonds. The Hall–Kier alpha value is -1.20. The van der Waals surface area contributed by atoms with E-state index >= 15 is 0 Å². The van der Waals surface area contributed by atoms with Gasteiger partial charge in [-0.25, -0.2) is 0 Å². The minimum atomic E-state index is 0.524. The van der Waals surface area contributed by atoms with Crippen molar-refractivity contribution in [3.63, 3.8) is 0 Å². The summed E-state index contributed by atoms with van der Waals surface area (Å²) in [6.07, 6.45) is 2.92. The highest BCUT2D eigenvalue weighted by Gasteiger charge is 2.22. The molecule has 0 aromatic carbocycles. The highest BCUT2D eigenvalue weighted by atomic mass is 15.3. The number of anilines is 1. The standard InChI is InChI=1S/C13H23N5/c1-3-12(9-14)17-4-6-18(7-5-17)13-8-11(2)10-15-16-13/h8,10,12H,3-7,9,14H2,1-2H3. The molecule has 1 saturated heterocycles. The number of aromatic nitrogens is 2. The molecule has 0 saturated carbocycles. The van der Waals surface area contributed by atoms with Crippen LogP contribution in [0.25, 0.3) is 0 Å². The monoisotopic (exact) mass is 249 g/mol. The predicted octanol–water partition coefficient (Wildman–Crippen LogP) is 0.644. The Morgan fingerprint density at radius 1 is 1.33 bits per heavy atom. The van der Waals surface area contributed by atoms with Crippen LogP contribution in [0.1, 0.15) is 18.9 Å². The van der Waals surface area contributed by atoms with Crippen molar-refractivity contribution in [1.29, 1.82) is 0 Å². The van der Waals surface area contributed by atoms with Crippen LogP contribution >= 0.6 is 0 Å². The molecule has 1 aromatic heterocycles. The van der Waals surface area contributed by atoms with Crippen LogP contribution < -0.4 is 10.6 Å². The van der Waals surface area contributed by atoms with E-state index in [9.17, 15) is 0 Å². The van der Waals surface area contributed by atoms with Gasteiger partial charge in [0.25, 0.3) is 0 Å². The van der Waals surface area contributed by atoms with E-state index in [2.05, 4.69) is 39.9 Å². The summed E-state index contributed by atoms with van der Waals surface area (Å²) in [5.41, 5.74) is 6.96. The van der Waals surface area contributed by atoms with Crippen molar-refractivity contribution in [1.82, 2.24) is 15.1 Å². The minimum absolute atomic E-state index is 0.524. The number of piperazine rings is 1. The lowest BCUT2D eigenvalue weighted by molar-refractivity contribution is 0.184. The second kappa shape index (κ2) is 6.11. The number of nitrogens with two attached hydrogens (primary N) is 1. The molecule has 1 unspecified atom stereocenters. The lowest BCUT2D eigenvalue weighted by Crippen LogP contribution is -2.52. The van der Waals surface area contributed by atoms with Crippen molar-refractivity contribution in [3.8, 4) is 0 Å². The lowest BCUT2D eigenvalue weighted by atomic mass is 10.1. The first-order valence-electron chi connectivity index (χ1n) is 6.73. The average Bonchev–Trinajstić information content (AvgIpc) is 2.41. The maximum absolute atomic E-state index is 5.80. The van der Waals surface area contributed by atoms with E-state index in [1.807, 2.05) is 0 Å². The van der Waals surface area contributed by atoms with Gasteiger partial charge in [0, 0.05) is 38.8 Å². The third kappa shape index (κ3) is 2.97. The Balaban J connectivity index is 1.94. The van der Waals surface area contributed by atoms with E-state index < -0.39 is 0 Å². The van der Waals surface area contributed by atoms with Gasteiger partial charge in [0.05, 0.1) is 6.20 Å². The zero-order chi connectivity index (χ0) is 13.0. The molecule has 5 heteroatoms. The predicted molar refractivity (Wildman–Crippen MR) is 73.7 cm³/mol. The third-order valence-electron chi connectivity index (χ3n) is 3.68. The average molecular weight is 249 g/mol. The molecule has 1 aliphatic heterocycles. The van der Waals surface area contributed by atoms with Gasteiger partial charge in [0.1, 0.15) is 0 Å². The molecule has 1 atom stereocenters. The molecule has 0 aliphatic carbocycles. The van der Waals surface area contributed by atoms with Crippen LogP contribution in [-0.2, 0) is 0 Å². The highest BCUT2D eigenvalue weighted by molar-refractivity contribution is 5.39. The summed E-state index contributed by atoms with van der Waals surface area (Å²) in [5, 5.41) is 8.23. The Kier molecular flexibility index (Phi) is 4.49. The fourth-order valence-corrected chi connectivity index (χ4v) is 2.49. The second-order valence-electron chi connectivity index (χ2n) is 4.91. The number of rotatable bonds is 4. The quantitative estimate of drug-likeness (QED) is 0.849. The minimum Gasteiger partial charge on any atom is -0.353 e. The number of aryl methyl sites for hydroxylation is 1. The molecule has 0 bridgehead atoms. The lowest BCUT2D eigenvalue weighted by Gasteiger charge is -2.39. The molecular weight excluding hydrogens is 226 g/mol. The molecule has 18 heavy (non-hydrogen) atoms. The van der Waals surface area contributed by atoms with Crippen molar-refractivity contribution in [2.24, 2.45) is 5.73 Å². The molecule has 1 aliphatic rings. The smallest absolute Gasteiger partial charge is 0.151 e. The van der Waals surface area contributed by atoms with Gasteiger partial charge in [0.15, 0.2) is 5.82 Å². The molecular formula is C13H23N5. The van der Waals surface area contributed by atoms with E-state index in [1.165, 1.54) is 0 Å². The molecule has 2 heterocycles. The largest absolute Gasteiger partial charge is 0.353 e. The van der Waals surface area contributed by atoms with Crippen LogP contribution in [0, 0.1) is 6.92 Å². The van der Waals surface area contributed by atoms with Crippen LogP contribution in [-0.4, -0.2) is 53.9 Å². The highest BCUT2D eigenvalue weighted by Crippen LogP contribution is 2.15. The third-order valence-corrected chi connectivity index (χ3v) is 3.68. The van der Waals surface area contributed by atoms with Gasteiger partial charge in [-0.1, -0.05) is 6.92 Å². The Morgan fingerprint density at radius 3 is 2.61 bits per heavy atom. The summed E-state index contributed by atoms with van der Waals surface area (Å²) in [7, 11) is 0. The van der Waals surface area contributed by atoms with E-state index in [4.69, 9.17) is 5.73 Å². The van der Waals surface area contributed by atoms with Gasteiger partial charge in [0.2, 0.25) is 0 Å². The zero-order valence-corrected chi connectivity index (χ0v) is 11.3. The summed E-state index contributed by atoms with van der Waals surface area (Å²) >= 11 is 0. The van der Waals surface area contributed by atoms with E-state index in [-0.39, 0.29) is 0 Å². The molecule has 2 rings (SSSR count). The van der Waals surface area contributed by atoms with Gasteiger partial charge in [-0.3, -0.25) is 4.90 Å². The fraction of sp³-hybridized carbons (Fsp3) is 0.692. The van der Waals surface area contributed by atoms with Crippen molar-refractivity contribution in [2.75, 3.05) is 37.6 Å². The van der Waals surface area contributed by atoms with Crippen molar-refractivity contribution < 1.29 is 0 Å². The van der Waals surface area contributed by atoms with E-state index in [0.717, 1.165) is 50.5 Å². The van der Waals surface area contributed by atoms with Gasteiger partial charge in [-0.05, 0) is 25.0 Å². The fourth-order valence-electron chi connectivity index (χ4n) is 2.49. The van der Waals surface area contributed by atoms with Gasteiger partial charge >= 0.3 is 0 Å². The summed E-state index contributed by atoms with van der Waals surface area (Å²) < 4.78 is 0. The van der Waals surface area contributed by atoms with Crippen molar-refractivity contribution in [3.05, 3.63) is 17.8 Å². The maximum atomic E-state index is 5.80. The Bertz CT molecular complexity index is 369. The normalized spacial score (nSPS) is 18.9. The Labute approximate surface area is 109 Å². The van der Waals surface area contributed by atoms with Crippen LogP contribution in [0.5, 0.6) is 0 Å². The second-order valence-corrected chi connectivity index (χ2v) is 4.91. The number of hydrogen-bond donors (Lipinski definition) is 1. The summed E-state index contributed by atoms with van der Waals surface area (Å²) in [6.45, 7) is 9.15. The Morgan fingerprint density at radius 2 is 2.06 bits per heavy atom.